The Kier molecular flexibility index (Phi) is 8.61. The fourth-order valence-electron chi connectivity index (χ4n) is 3.45. The summed E-state index contributed by atoms with van der Waals surface area (Å²) in [7, 11) is -1.17. The molecule has 2 N–H and O–H groups in total. The zero-order valence-corrected chi connectivity index (χ0v) is 19.8. The Labute approximate surface area is 199 Å². The van der Waals surface area contributed by atoms with E-state index in [4.69, 9.17) is 9.47 Å². The van der Waals surface area contributed by atoms with Gasteiger partial charge in [0, 0.05) is 12.6 Å². The van der Waals surface area contributed by atoms with Crippen molar-refractivity contribution < 1.29 is 27.1 Å². The van der Waals surface area contributed by atoms with Crippen LogP contribution in [-0.4, -0.2) is 41.1 Å². The number of carbonyl (C=O) groups excluding carboxylic acids is 1. The molecular weight excluding hydrogens is 459 g/mol. The molecule has 7 nitrogen and oxygen atoms in total. The van der Waals surface area contributed by atoms with Gasteiger partial charge in [-0.1, -0.05) is 48.5 Å². The number of methoxy groups -OCH3 is 2. The zero-order chi connectivity index (χ0) is 24.6. The van der Waals surface area contributed by atoms with Crippen molar-refractivity contribution in [1.29, 1.82) is 0 Å². The number of rotatable bonds is 11. The SMILES string of the molecule is COc1ccc(CCNC(=O)C(Cc2ccccc2)NS(=O)(=O)c2ccccc2F)c(OC)c1. The summed E-state index contributed by atoms with van der Waals surface area (Å²) in [6.45, 7) is 0.244. The molecule has 3 aromatic carbocycles. The molecule has 9 heteroatoms. The van der Waals surface area contributed by atoms with Crippen LogP contribution in [0.2, 0.25) is 0 Å². The Morgan fingerprint density at radius 3 is 2.35 bits per heavy atom. The first-order valence-electron chi connectivity index (χ1n) is 10.6. The first-order valence-corrected chi connectivity index (χ1v) is 12.1. The second-order valence-corrected chi connectivity index (χ2v) is 9.20. The highest BCUT2D eigenvalue weighted by molar-refractivity contribution is 7.89. The van der Waals surface area contributed by atoms with Gasteiger partial charge in [0.05, 0.1) is 14.2 Å². The summed E-state index contributed by atoms with van der Waals surface area (Å²) in [5.41, 5.74) is 1.62. The van der Waals surface area contributed by atoms with Crippen molar-refractivity contribution in [2.24, 2.45) is 0 Å². The van der Waals surface area contributed by atoms with Crippen molar-refractivity contribution in [3.63, 3.8) is 0 Å². The number of carbonyl (C=O) groups is 1. The molecule has 0 aliphatic heterocycles. The van der Waals surface area contributed by atoms with Crippen LogP contribution < -0.4 is 19.5 Å². The first-order chi connectivity index (χ1) is 16.3. The minimum Gasteiger partial charge on any atom is -0.497 e. The summed E-state index contributed by atoms with van der Waals surface area (Å²) in [5, 5.41) is 2.77. The summed E-state index contributed by atoms with van der Waals surface area (Å²) < 4.78 is 52.7. The van der Waals surface area contributed by atoms with Crippen LogP contribution in [-0.2, 0) is 27.7 Å². The quantitative estimate of drug-likeness (QED) is 0.435. The molecule has 34 heavy (non-hydrogen) atoms. The molecule has 0 aromatic heterocycles. The minimum atomic E-state index is -4.27. The molecule has 0 aliphatic rings. The lowest BCUT2D eigenvalue weighted by Crippen LogP contribution is -2.48. The number of halogens is 1. The van der Waals surface area contributed by atoms with Gasteiger partial charge >= 0.3 is 0 Å². The van der Waals surface area contributed by atoms with Gasteiger partial charge in [-0.25, -0.2) is 12.8 Å². The number of hydrogen-bond acceptors (Lipinski definition) is 5. The molecule has 0 radical (unpaired) electrons. The van der Waals surface area contributed by atoms with Crippen LogP contribution in [0, 0.1) is 5.82 Å². The van der Waals surface area contributed by atoms with Crippen molar-refractivity contribution in [2.75, 3.05) is 20.8 Å². The van der Waals surface area contributed by atoms with Gasteiger partial charge in [-0.05, 0) is 42.2 Å². The molecule has 1 unspecified atom stereocenters. The summed E-state index contributed by atoms with van der Waals surface area (Å²) >= 11 is 0. The lowest BCUT2D eigenvalue weighted by Gasteiger charge is -2.19. The van der Waals surface area contributed by atoms with Crippen molar-refractivity contribution >= 4 is 15.9 Å². The van der Waals surface area contributed by atoms with E-state index >= 15 is 0 Å². The lowest BCUT2D eigenvalue weighted by molar-refractivity contribution is -0.122. The number of sulfonamides is 1. The van der Waals surface area contributed by atoms with E-state index in [2.05, 4.69) is 10.0 Å². The second-order valence-electron chi connectivity index (χ2n) is 7.51. The molecule has 0 spiro atoms. The van der Waals surface area contributed by atoms with Gasteiger partial charge in [0.15, 0.2) is 0 Å². The highest BCUT2D eigenvalue weighted by Gasteiger charge is 2.27. The van der Waals surface area contributed by atoms with E-state index in [1.54, 1.807) is 50.6 Å². The number of ether oxygens (including phenoxy) is 2. The van der Waals surface area contributed by atoms with Gasteiger partial charge in [-0.15, -0.1) is 0 Å². The smallest absolute Gasteiger partial charge is 0.244 e. The maximum atomic E-state index is 14.1. The van der Waals surface area contributed by atoms with Crippen LogP contribution in [0.15, 0.2) is 77.7 Å². The second kappa shape index (κ2) is 11.6. The van der Waals surface area contributed by atoms with E-state index in [1.807, 2.05) is 12.1 Å². The zero-order valence-electron chi connectivity index (χ0n) is 19.0. The fourth-order valence-corrected chi connectivity index (χ4v) is 4.73. The van der Waals surface area contributed by atoms with Gasteiger partial charge in [0.1, 0.15) is 28.3 Å². The number of hydrogen-bond donors (Lipinski definition) is 2. The van der Waals surface area contributed by atoms with Crippen LogP contribution >= 0.6 is 0 Å². The summed E-state index contributed by atoms with van der Waals surface area (Å²) in [4.78, 5) is 12.5. The van der Waals surface area contributed by atoms with Crippen LogP contribution in [0.3, 0.4) is 0 Å². The van der Waals surface area contributed by atoms with Gasteiger partial charge in [-0.3, -0.25) is 4.79 Å². The molecule has 0 aliphatic carbocycles. The largest absolute Gasteiger partial charge is 0.497 e. The standard InChI is InChI=1S/C25H27FN2O5S/c1-32-20-13-12-19(23(17-20)33-2)14-15-27-25(29)22(16-18-8-4-3-5-9-18)28-34(30,31)24-11-7-6-10-21(24)26/h3-13,17,22,28H,14-16H2,1-2H3,(H,27,29). The van der Waals surface area contributed by atoms with Gasteiger partial charge in [-0.2, -0.15) is 4.72 Å². The number of amides is 1. The molecule has 0 saturated heterocycles. The Morgan fingerprint density at radius 1 is 0.971 bits per heavy atom. The Hall–Kier alpha value is -3.43. The summed E-state index contributed by atoms with van der Waals surface area (Å²) in [5.74, 6) is -0.137. The fraction of sp³-hybridized carbons (Fsp3) is 0.240. The normalized spacial score (nSPS) is 12.1. The highest BCUT2D eigenvalue weighted by atomic mass is 32.2. The average Bonchev–Trinajstić information content (AvgIpc) is 2.84. The van der Waals surface area contributed by atoms with E-state index in [1.165, 1.54) is 12.1 Å². The first kappa shape index (κ1) is 25.2. The number of benzene rings is 3. The third-order valence-electron chi connectivity index (χ3n) is 5.21. The van der Waals surface area contributed by atoms with Crippen LogP contribution in [0.5, 0.6) is 11.5 Å². The molecule has 0 bridgehead atoms. The Morgan fingerprint density at radius 2 is 1.68 bits per heavy atom. The lowest BCUT2D eigenvalue weighted by atomic mass is 10.1. The predicted octanol–water partition coefficient (Wildman–Crippen LogP) is 3.09. The van der Waals surface area contributed by atoms with Crippen molar-refractivity contribution in [1.82, 2.24) is 10.0 Å². The van der Waals surface area contributed by atoms with E-state index < -0.39 is 32.7 Å². The van der Waals surface area contributed by atoms with Gasteiger partial charge in [0.25, 0.3) is 0 Å². The predicted molar refractivity (Wildman–Crippen MR) is 127 cm³/mol. The Bertz CT molecular complexity index is 1220. The Balaban J connectivity index is 1.74. The van der Waals surface area contributed by atoms with Crippen molar-refractivity contribution in [3.05, 3.63) is 89.7 Å². The number of nitrogens with one attached hydrogen (secondary N) is 2. The topological polar surface area (TPSA) is 93.7 Å². The van der Waals surface area contributed by atoms with Gasteiger partial charge in [0.2, 0.25) is 15.9 Å². The molecule has 1 atom stereocenters. The van der Waals surface area contributed by atoms with E-state index in [0.29, 0.717) is 17.9 Å². The average molecular weight is 487 g/mol. The molecule has 180 valence electrons. The van der Waals surface area contributed by atoms with Crippen LogP contribution in [0.1, 0.15) is 11.1 Å². The molecule has 0 heterocycles. The highest BCUT2D eigenvalue weighted by Crippen LogP contribution is 2.24. The third kappa shape index (κ3) is 6.55. The maximum absolute atomic E-state index is 14.1. The van der Waals surface area contributed by atoms with E-state index in [0.717, 1.165) is 23.3 Å². The van der Waals surface area contributed by atoms with Crippen molar-refractivity contribution in [3.8, 4) is 11.5 Å². The van der Waals surface area contributed by atoms with Crippen molar-refractivity contribution in [2.45, 2.75) is 23.8 Å². The molecule has 0 saturated carbocycles. The monoisotopic (exact) mass is 486 g/mol. The molecule has 3 aromatic rings. The van der Waals surface area contributed by atoms with Crippen LogP contribution in [0.25, 0.3) is 0 Å². The molecular formula is C25H27FN2O5S. The van der Waals surface area contributed by atoms with Crippen LogP contribution in [0.4, 0.5) is 4.39 Å². The minimum absolute atomic E-state index is 0.103. The molecule has 0 fully saturated rings. The third-order valence-corrected chi connectivity index (χ3v) is 6.72. The summed E-state index contributed by atoms with van der Waals surface area (Å²) in [6.07, 6.45) is 0.559. The van der Waals surface area contributed by atoms with Gasteiger partial charge < -0.3 is 14.8 Å². The molecule has 1 amide bonds. The van der Waals surface area contributed by atoms with E-state index in [9.17, 15) is 17.6 Å². The maximum Gasteiger partial charge on any atom is 0.244 e. The summed E-state index contributed by atoms with van der Waals surface area (Å²) in [6, 6.07) is 18.3. The molecule has 3 rings (SSSR count). The van der Waals surface area contributed by atoms with E-state index in [-0.39, 0.29) is 13.0 Å².